The normalized spacial score (nSPS) is 12.3. The molecule has 0 saturated carbocycles. The zero-order valence-corrected chi connectivity index (χ0v) is 24.5. The molecule has 212 valence electrons. The van der Waals surface area contributed by atoms with E-state index >= 15 is 0 Å². The van der Waals surface area contributed by atoms with Crippen LogP contribution < -0.4 is 0 Å². The van der Waals surface area contributed by atoms with Crippen molar-refractivity contribution in [2.24, 2.45) is 0 Å². The number of aromatic nitrogens is 3. The van der Waals surface area contributed by atoms with Crippen molar-refractivity contribution in [1.29, 1.82) is 0 Å². The predicted molar refractivity (Wildman–Crippen MR) is 190 cm³/mol. The van der Waals surface area contributed by atoms with Gasteiger partial charge in [-0.1, -0.05) is 109 Å². The standard InChI is InChI=1S/C42H23N3O/c1-2-11-25-24(10-1)22-23-27-26-14-7-18-33-39(26)40-30(37(25)27)15-8-19-34(40)45(33)42-43-32-17-5-3-12-28(32)41(44-42)31-16-9-21-36-38(31)29-13-4-6-20-35(29)46-36/h1-23H. The van der Waals surface area contributed by atoms with Crippen LogP contribution in [-0.2, 0) is 0 Å². The molecule has 46 heavy (non-hydrogen) atoms. The topological polar surface area (TPSA) is 43.9 Å². The van der Waals surface area contributed by atoms with Crippen LogP contribution in [0.25, 0.3) is 104 Å². The second-order valence-electron chi connectivity index (χ2n) is 12.1. The van der Waals surface area contributed by atoms with E-state index in [1.165, 1.54) is 43.1 Å². The average molecular weight is 586 g/mol. The van der Waals surface area contributed by atoms with E-state index in [4.69, 9.17) is 14.4 Å². The van der Waals surface area contributed by atoms with Gasteiger partial charge in [-0.3, -0.25) is 4.57 Å². The van der Waals surface area contributed by atoms with Gasteiger partial charge in [-0.15, -0.1) is 0 Å². The Bertz CT molecular complexity index is 3040. The van der Waals surface area contributed by atoms with Gasteiger partial charge in [0, 0.05) is 32.5 Å². The molecule has 0 spiro atoms. The third kappa shape index (κ3) is 3.03. The molecule has 0 bridgehead atoms. The Morgan fingerprint density at radius 2 is 1.07 bits per heavy atom. The SMILES string of the molecule is c1ccc2c(c1)ccc1c3cccc4c3c3c(cccc3n4-c3nc(-c4cccc5oc6ccccc6c45)c4ccccc4n3)c21. The molecule has 11 aromatic rings. The number of benzene rings is 8. The van der Waals surface area contributed by atoms with Crippen LogP contribution in [0.4, 0.5) is 0 Å². The number of fused-ring (bicyclic) bond motifs is 9. The van der Waals surface area contributed by atoms with E-state index in [1.807, 2.05) is 18.2 Å². The van der Waals surface area contributed by atoms with Crippen LogP contribution in [0.2, 0.25) is 0 Å². The van der Waals surface area contributed by atoms with E-state index in [0.717, 1.165) is 55.1 Å². The van der Waals surface area contributed by atoms with E-state index in [0.29, 0.717) is 5.95 Å². The maximum Gasteiger partial charge on any atom is 0.235 e. The van der Waals surface area contributed by atoms with Crippen molar-refractivity contribution in [2.75, 3.05) is 0 Å². The maximum absolute atomic E-state index is 6.29. The molecule has 4 nitrogen and oxygen atoms in total. The summed E-state index contributed by atoms with van der Waals surface area (Å²) in [7, 11) is 0. The molecule has 0 radical (unpaired) electrons. The molecular formula is C42H23N3O. The van der Waals surface area contributed by atoms with Crippen LogP contribution >= 0.6 is 0 Å². The molecule has 3 heterocycles. The Hall–Kier alpha value is -6.26. The molecule has 0 saturated heterocycles. The smallest absolute Gasteiger partial charge is 0.235 e. The number of nitrogens with zero attached hydrogens (tertiary/aromatic N) is 3. The highest BCUT2D eigenvalue weighted by Gasteiger charge is 2.23. The number of hydrogen-bond donors (Lipinski definition) is 0. The first-order chi connectivity index (χ1) is 22.8. The van der Waals surface area contributed by atoms with Crippen molar-refractivity contribution in [3.63, 3.8) is 0 Å². The fraction of sp³-hybridized carbons (Fsp3) is 0. The predicted octanol–water partition coefficient (Wildman–Crippen LogP) is 11.2. The summed E-state index contributed by atoms with van der Waals surface area (Å²) >= 11 is 0. The van der Waals surface area contributed by atoms with E-state index in [9.17, 15) is 0 Å². The highest BCUT2D eigenvalue weighted by Crippen LogP contribution is 2.46. The molecule has 8 aromatic carbocycles. The zero-order valence-electron chi connectivity index (χ0n) is 24.5. The third-order valence-corrected chi connectivity index (χ3v) is 9.75. The van der Waals surface area contributed by atoms with Crippen LogP contribution in [0.15, 0.2) is 144 Å². The van der Waals surface area contributed by atoms with Crippen LogP contribution in [-0.4, -0.2) is 14.5 Å². The fourth-order valence-electron chi connectivity index (χ4n) is 7.88. The summed E-state index contributed by atoms with van der Waals surface area (Å²) in [6, 6.07) is 49.3. The van der Waals surface area contributed by atoms with E-state index < -0.39 is 0 Å². The van der Waals surface area contributed by atoms with Crippen molar-refractivity contribution in [1.82, 2.24) is 14.5 Å². The minimum Gasteiger partial charge on any atom is -0.456 e. The van der Waals surface area contributed by atoms with Crippen molar-refractivity contribution in [2.45, 2.75) is 0 Å². The minimum absolute atomic E-state index is 0.656. The second kappa shape index (κ2) is 8.68. The Morgan fingerprint density at radius 3 is 1.96 bits per heavy atom. The first-order valence-electron chi connectivity index (χ1n) is 15.6. The second-order valence-corrected chi connectivity index (χ2v) is 12.1. The van der Waals surface area contributed by atoms with Gasteiger partial charge >= 0.3 is 0 Å². The highest BCUT2D eigenvalue weighted by atomic mass is 16.3. The monoisotopic (exact) mass is 585 g/mol. The lowest BCUT2D eigenvalue weighted by molar-refractivity contribution is 0.669. The molecule has 11 rings (SSSR count). The molecule has 3 aromatic heterocycles. The Balaban J connectivity index is 1.30. The first kappa shape index (κ1) is 24.1. The summed E-state index contributed by atoms with van der Waals surface area (Å²) in [6.07, 6.45) is 0. The minimum atomic E-state index is 0.656. The van der Waals surface area contributed by atoms with Gasteiger partial charge in [0.05, 0.1) is 22.2 Å². The van der Waals surface area contributed by atoms with Gasteiger partial charge < -0.3 is 4.42 Å². The maximum atomic E-state index is 6.29. The summed E-state index contributed by atoms with van der Waals surface area (Å²) in [5.74, 6) is 0.656. The number of hydrogen-bond acceptors (Lipinski definition) is 3. The first-order valence-corrected chi connectivity index (χ1v) is 15.6. The molecule has 0 N–H and O–H groups in total. The lowest BCUT2D eigenvalue weighted by Crippen LogP contribution is -2.03. The third-order valence-electron chi connectivity index (χ3n) is 9.75. The number of para-hydroxylation sites is 2. The van der Waals surface area contributed by atoms with Gasteiger partial charge in [0.2, 0.25) is 5.95 Å². The van der Waals surface area contributed by atoms with Crippen molar-refractivity contribution in [3.8, 4) is 17.2 Å². The molecule has 0 aliphatic heterocycles. The van der Waals surface area contributed by atoms with E-state index in [-0.39, 0.29) is 0 Å². The lowest BCUT2D eigenvalue weighted by atomic mass is 9.91. The van der Waals surface area contributed by atoms with Gasteiger partial charge in [-0.05, 0) is 62.6 Å². The average Bonchev–Trinajstić information content (AvgIpc) is 3.67. The van der Waals surface area contributed by atoms with Crippen LogP contribution in [0, 0.1) is 0 Å². The lowest BCUT2D eigenvalue weighted by Gasteiger charge is -2.12. The zero-order chi connectivity index (χ0) is 29.9. The summed E-state index contributed by atoms with van der Waals surface area (Å²) in [5, 5.41) is 13.2. The summed E-state index contributed by atoms with van der Waals surface area (Å²) in [4.78, 5) is 10.7. The van der Waals surface area contributed by atoms with Crippen molar-refractivity contribution < 1.29 is 4.42 Å². The summed E-state index contributed by atoms with van der Waals surface area (Å²) in [6.45, 7) is 0. The number of rotatable bonds is 2. The Labute approximate surface area is 262 Å². The van der Waals surface area contributed by atoms with Crippen LogP contribution in [0.5, 0.6) is 0 Å². The highest BCUT2D eigenvalue weighted by molar-refractivity contribution is 6.37. The van der Waals surface area contributed by atoms with Crippen LogP contribution in [0.1, 0.15) is 0 Å². The summed E-state index contributed by atoms with van der Waals surface area (Å²) in [5.41, 5.74) is 6.76. The van der Waals surface area contributed by atoms with Crippen LogP contribution in [0.3, 0.4) is 0 Å². The molecule has 0 atom stereocenters. The van der Waals surface area contributed by atoms with E-state index in [1.54, 1.807) is 0 Å². The van der Waals surface area contributed by atoms with Crippen molar-refractivity contribution >= 4 is 87.0 Å². The molecule has 0 aliphatic carbocycles. The molecular weight excluding hydrogens is 562 g/mol. The molecule has 0 amide bonds. The molecule has 0 fully saturated rings. The quantitative estimate of drug-likeness (QED) is 0.190. The Morgan fingerprint density at radius 1 is 0.413 bits per heavy atom. The molecule has 4 heteroatoms. The largest absolute Gasteiger partial charge is 0.456 e. The molecule has 0 aliphatic rings. The van der Waals surface area contributed by atoms with Gasteiger partial charge in [-0.2, -0.15) is 0 Å². The van der Waals surface area contributed by atoms with Gasteiger partial charge in [0.25, 0.3) is 0 Å². The fourth-order valence-corrected chi connectivity index (χ4v) is 7.88. The summed E-state index contributed by atoms with van der Waals surface area (Å²) < 4.78 is 8.55. The number of furan rings is 1. The van der Waals surface area contributed by atoms with Gasteiger partial charge in [-0.25, -0.2) is 9.97 Å². The van der Waals surface area contributed by atoms with Gasteiger partial charge in [0.15, 0.2) is 0 Å². The van der Waals surface area contributed by atoms with E-state index in [2.05, 4.69) is 126 Å². The van der Waals surface area contributed by atoms with Gasteiger partial charge in [0.1, 0.15) is 11.2 Å². The van der Waals surface area contributed by atoms with Crippen molar-refractivity contribution in [3.05, 3.63) is 140 Å². The molecule has 0 unspecified atom stereocenters. The Kier molecular flexibility index (Phi) is 4.55.